The molecule has 7 atom stereocenters. The Labute approximate surface area is 165 Å². The molecule has 0 radical (unpaired) electrons. The van der Waals surface area contributed by atoms with Gasteiger partial charge in [0.05, 0.1) is 6.10 Å². The molecule has 3 saturated carbocycles. The van der Waals surface area contributed by atoms with Crippen LogP contribution < -0.4 is 0 Å². The molecule has 0 aromatic heterocycles. The fourth-order valence-corrected chi connectivity index (χ4v) is 8.27. The number of allylic oxidation sites excluding steroid dienone is 2. The minimum Gasteiger partial charge on any atom is -0.381 e. The Kier molecular flexibility index (Phi) is 4.73. The van der Waals surface area contributed by atoms with Crippen LogP contribution in [0.15, 0.2) is 24.3 Å². The van der Waals surface area contributed by atoms with Gasteiger partial charge in [-0.3, -0.25) is 4.79 Å². The lowest BCUT2D eigenvalue weighted by atomic mass is 9.45. The van der Waals surface area contributed by atoms with Gasteiger partial charge in [-0.15, -0.1) is 6.58 Å². The standard InChI is InChI=1S/C25H38O2/c1-6-12-25(17(2)26)15-11-22-20-8-7-18-16-19(27-5)9-13-23(18,3)21(20)10-14-24(22,25)4/h6-7,19-22H,1,8-16H2,2-5H3/t19-,20?,21?,22?,23-,24-,25+/m0/s1. The fourth-order valence-electron chi connectivity index (χ4n) is 8.27. The summed E-state index contributed by atoms with van der Waals surface area (Å²) >= 11 is 0. The summed E-state index contributed by atoms with van der Waals surface area (Å²) < 4.78 is 5.70. The number of carbonyl (C=O) groups excluding carboxylic acids is 1. The van der Waals surface area contributed by atoms with Crippen molar-refractivity contribution in [2.24, 2.45) is 34.0 Å². The number of ketones is 1. The van der Waals surface area contributed by atoms with E-state index < -0.39 is 0 Å². The lowest BCUT2D eigenvalue weighted by Crippen LogP contribution is -2.53. The molecule has 2 heteroatoms. The molecule has 0 bridgehead atoms. The van der Waals surface area contributed by atoms with E-state index in [9.17, 15) is 4.79 Å². The Balaban J connectivity index is 1.67. The molecule has 2 nitrogen and oxygen atoms in total. The molecule has 4 rings (SSSR count). The average molecular weight is 371 g/mol. The number of fused-ring (bicyclic) bond motifs is 5. The quantitative estimate of drug-likeness (QED) is 0.558. The highest BCUT2D eigenvalue weighted by Gasteiger charge is 2.64. The summed E-state index contributed by atoms with van der Waals surface area (Å²) in [5, 5.41) is 0. The largest absolute Gasteiger partial charge is 0.381 e. The van der Waals surface area contributed by atoms with Crippen molar-refractivity contribution in [1.82, 2.24) is 0 Å². The van der Waals surface area contributed by atoms with Gasteiger partial charge in [0.2, 0.25) is 0 Å². The van der Waals surface area contributed by atoms with Crippen molar-refractivity contribution in [1.29, 1.82) is 0 Å². The molecule has 0 aliphatic heterocycles. The molecule has 0 heterocycles. The molecule has 3 fully saturated rings. The van der Waals surface area contributed by atoms with E-state index in [0.29, 0.717) is 23.2 Å². The van der Waals surface area contributed by atoms with Gasteiger partial charge in [0.15, 0.2) is 0 Å². The van der Waals surface area contributed by atoms with Gasteiger partial charge in [0.1, 0.15) is 5.78 Å². The molecule has 0 amide bonds. The first-order valence-corrected chi connectivity index (χ1v) is 11.2. The van der Waals surface area contributed by atoms with E-state index in [0.717, 1.165) is 31.1 Å². The summed E-state index contributed by atoms with van der Waals surface area (Å²) in [6.07, 6.45) is 15.5. The number of hydrogen-bond acceptors (Lipinski definition) is 2. The highest BCUT2D eigenvalue weighted by Crippen LogP contribution is 2.70. The normalized spacial score (nSPS) is 48.8. The lowest BCUT2D eigenvalue weighted by molar-refractivity contribution is -0.140. The number of Topliss-reactive ketones (excluding diaryl/α,β-unsaturated/α-hetero) is 1. The number of rotatable bonds is 4. The fraction of sp³-hybridized carbons (Fsp3) is 0.800. The van der Waals surface area contributed by atoms with Gasteiger partial charge in [0, 0.05) is 12.5 Å². The van der Waals surface area contributed by atoms with Crippen LogP contribution >= 0.6 is 0 Å². The first-order chi connectivity index (χ1) is 12.8. The van der Waals surface area contributed by atoms with Crippen molar-refractivity contribution in [2.75, 3.05) is 7.11 Å². The third kappa shape index (κ3) is 2.51. The molecule has 0 aromatic carbocycles. The Hall–Kier alpha value is -0.890. The predicted octanol–water partition coefficient (Wildman–Crippen LogP) is 6.12. The van der Waals surface area contributed by atoms with Crippen LogP contribution in [0.2, 0.25) is 0 Å². The number of methoxy groups -OCH3 is 1. The van der Waals surface area contributed by atoms with Crippen molar-refractivity contribution in [3.05, 3.63) is 24.3 Å². The molecule has 150 valence electrons. The van der Waals surface area contributed by atoms with Gasteiger partial charge >= 0.3 is 0 Å². The van der Waals surface area contributed by atoms with Crippen LogP contribution in [0.1, 0.15) is 78.6 Å². The molecule has 0 saturated heterocycles. The van der Waals surface area contributed by atoms with Crippen molar-refractivity contribution in [3.63, 3.8) is 0 Å². The SMILES string of the molecule is C=CC[C@]1(C(C)=O)CCC2C3CC=C4C[C@@H](OC)CC[C@]4(C)C3CC[C@@]21C. The second-order valence-corrected chi connectivity index (χ2v) is 10.5. The molecular weight excluding hydrogens is 332 g/mol. The highest BCUT2D eigenvalue weighted by atomic mass is 16.5. The summed E-state index contributed by atoms with van der Waals surface area (Å²) in [7, 11) is 1.87. The van der Waals surface area contributed by atoms with Gasteiger partial charge in [-0.05, 0) is 93.3 Å². The highest BCUT2D eigenvalue weighted by molar-refractivity contribution is 5.84. The van der Waals surface area contributed by atoms with Gasteiger partial charge < -0.3 is 4.74 Å². The summed E-state index contributed by atoms with van der Waals surface area (Å²) in [4.78, 5) is 12.9. The second-order valence-electron chi connectivity index (χ2n) is 10.5. The van der Waals surface area contributed by atoms with Crippen molar-refractivity contribution >= 4 is 5.78 Å². The van der Waals surface area contributed by atoms with E-state index in [1.54, 1.807) is 5.57 Å². The third-order valence-corrected chi connectivity index (χ3v) is 9.92. The molecule has 4 aliphatic rings. The maximum Gasteiger partial charge on any atom is 0.136 e. The topological polar surface area (TPSA) is 26.3 Å². The van der Waals surface area contributed by atoms with E-state index in [-0.39, 0.29) is 10.8 Å². The molecule has 3 unspecified atom stereocenters. The van der Waals surface area contributed by atoms with Crippen LogP contribution in [0.3, 0.4) is 0 Å². The van der Waals surface area contributed by atoms with Gasteiger partial charge in [-0.2, -0.15) is 0 Å². The Morgan fingerprint density at radius 3 is 2.63 bits per heavy atom. The van der Waals surface area contributed by atoms with Crippen LogP contribution in [-0.2, 0) is 9.53 Å². The maximum absolute atomic E-state index is 12.9. The van der Waals surface area contributed by atoms with Crippen LogP contribution in [0.5, 0.6) is 0 Å². The maximum atomic E-state index is 12.9. The smallest absolute Gasteiger partial charge is 0.136 e. The van der Waals surface area contributed by atoms with Crippen molar-refractivity contribution in [2.45, 2.75) is 84.7 Å². The lowest BCUT2D eigenvalue weighted by Gasteiger charge is -2.59. The van der Waals surface area contributed by atoms with Gasteiger partial charge in [-0.1, -0.05) is 31.6 Å². The van der Waals surface area contributed by atoms with Crippen LogP contribution in [0, 0.1) is 34.0 Å². The molecule has 0 aromatic rings. The van der Waals surface area contributed by atoms with E-state index in [1.165, 1.54) is 38.5 Å². The first kappa shape index (κ1) is 19.4. The van der Waals surface area contributed by atoms with E-state index >= 15 is 0 Å². The second kappa shape index (κ2) is 6.58. The Morgan fingerprint density at radius 1 is 1.22 bits per heavy atom. The summed E-state index contributed by atoms with van der Waals surface area (Å²) in [6.45, 7) is 10.8. The monoisotopic (exact) mass is 370 g/mol. The van der Waals surface area contributed by atoms with E-state index in [1.807, 2.05) is 20.1 Å². The Bertz CT molecular complexity index is 663. The number of hydrogen-bond donors (Lipinski definition) is 0. The van der Waals surface area contributed by atoms with Crippen LogP contribution in [0.4, 0.5) is 0 Å². The molecule has 4 aliphatic carbocycles. The van der Waals surface area contributed by atoms with Crippen LogP contribution in [0.25, 0.3) is 0 Å². The number of carbonyl (C=O) groups is 1. The minimum absolute atomic E-state index is 0.152. The van der Waals surface area contributed by atoms with Crippen molar-refractivity contribution in [3.8, 4) is 0 Å². The summed E-state index contributed by atoms with van der Waals surface area (Å²) in [5.74, 6) is 2.64. The zero-order valence-electron chi connectivity index (χ0n) is 17.9. The van der Waals surface area contributed by atoms with E-state index in [2.05, 4.69) is 26.5 Å². The molecule has 0 N–H and O–H groups in total. The summed E-state index contributed by atoms with van der Waals surface area (Å²) in [6, 6.07) is 0. The van der Waals surface area contributed by atoms with Gasteiger partial charge in [0.25, 0.3) is 0 Å². The molecule has 27 heavy (non-hydrogen) atoms. The average Bonchev–Trinajstić information content (AvgIpc) is 2.95. The third-order valence-electron chi connectivity index (χ3n) is 9.92. The predicted molar refractivity (Wildman–Crippen MR) is 110 cm³/mol. The molecular formula is C25H38O2. The van der Waals surface area contributed by atoms with Crippen LogP contribution in [-0.4, -0.2) is 19.0 Å². The zero-order valence-corrected chi connectivity index (χ0v) is 17.9. The minimum atomic E-state index is -0.164. The number of ether oxygens (including phenoxy) is 1. The van der Waals surface area contributed by atoms with Crippen molar-refractivity contribution < 1.29 is 9.53 Å². The molecule has 0 spiro atoms. The zero-order chi connectivity index (χ0) is 19.4. The van der Waals surface area contributed by atoms with E-state index in [4.69, 9.17) is 4.74 Å². The Morgan fingerprint density at radius 2 is 1.96 bits per heavy atom. The van der Waals surface area contributed by atoms with Gasteiger partial charge in [-0.25, -0.2) is 0 Å². The summed E-state index contributed by atoms with van der Waals surface area (Å²) in [5.41, 5.74) is 2.02. The first-order valence-electron chi connectivity index (χ1n) is 11.2.